The Morgan fingerprint density at radius 1 is 1.00 bits per heavy atom. The largest absolute Gasteiger partial charge is 0.497 e. The molecule has 3 aromatic carbocycles. The molecule has 8 heteroatoms. The molecule has 2 N–H and O–H groups in total. The lowest BCUT2D eigenvalue weighted by molar-refractivity contribution is 0.0953. The van der Waals surface area contributed by atoms with Crippen molar-refractivity contribution in [3.05, 3.63) is 89.7 Å². The normalized spacial score (nSPS) is 11.0. The third kappa shape index (κ3) is 6.29. The predicted octanol–water partition coefficient (Wildman–Crippen LogP) is 4.00. The molecule has 0 unspecified atom stereocenters. The number of benzene rings is 3. The number of rotatable bonds is 9. The molecule has 162 valence electrons. The second-order valence-electron chi connectivity index (χ2n) is 6.85. The highest BCUT2D eigenvalue weighted by Crippen LogP contribution is 2.18. The number of anilines is 1. The smallest absolute Gasteiger partial charge is 0.261 e. The summed E-state index contributed by atoms with van der Waals surface area (Å²) in [7, 11) is -2.30. The van der Waals surface area contributed by atoms with Gasteiger partial charge in [0.2, 0.25) is 0 Å². The summed E-state index contributed by atoms with van der Waals surface area (Å²) in [5.74, 6) is -0.0250. The summed E-state index contributed by atoms with van der Waals surface area (Å²) in [6, 6.07) is 18.5. The standard InChI is InChI=1S/C23H23FN2O4S/c1-30-21-13-7-17(8-14-21)4-3-15-25-23(27)18-5-2-6-22(16-18)31(28,29)26-20-11-9-19(24)10-12-20/h2,5-14,16,26H,3-4,15H2,1H3,(H,25,27). The highest BCUT2D eigenvalue weighted by atomic mass is 32.2. The third-order valence-electron chi connectivity index (χ3n) is 4.59. The highest BCUT2D eigenvalue weighted by Gasteiger charge is 2.16. The number of sulfonamides is 1. The fraction of sp³-hybridized carbons (Fsp3) is 0.174. The van der Waals surface area contributed by atoms with Gasteiger partial charge in [0.1, 0.15) is 11.6 Å². The molecule has 0 aliphatic rings. The lowest BCUT2D eigenvalue weighted by Crippen LogP contribution is -2.25. The number of hydrogen-bond donors (Lipinski definition) is 2. The molecule has 0 aliphatic heterocycles. The van der Waals surface area contributed by atoms with Crippen LogP contribution >= 0.6 is 0 Å². The van der Waals surface area contributed by atoms with Crippen molar-refractivity contribution >= 4 is 21.6 Å². The van der Waals surface area contributed by atoms with Crippen LogP contribution in [0.25, 0.3) is 0 Å². The Bertz CT molecular complexity index is 1130. The zero-order valence-corrected chi connectivity index (χ0v) is 17.8. The van der Waals surface area contributed by atoms with Crippen LogP contribution < -0.4 is 14.8 Å². The summed E-state index contributed by atoms with van der Waals surface area (Å²) in [4.78, 5) is 12.4. The Labute approximate surface area is 181 Å². The minimum Gasteiger partial charge on any atom is -0.497 e. The Hall–Kier alpha value is -3.39. The summed E-state index contributed by atoms with van der Waals surface area (Å²) in [5, 5.41) is 2.81. The summed E-state index contributed by atoms with van der Waals surface area (Å²) in [6.45, 7) is 0.454. The fourth-order valence-electron chi connectivity index (χ4n) is 2.93. The van der Waals surface area contributed by atoms with E-state index in [1.807, 2.05) is 24.3 Å². The Morgan fingerprint density at radius 3 is 2.39 bits per heavy atom. The minimum atomic E-state index is -3.91. The van der Waals surface area contributed by atoms with Crippen LogP contribution in [0.15, 0.2) is 77.7 Å². The zero-order valence-electron chi connectivity index (χ0n) is 17.0. The molecule has 0 atom stereocenters. The molecule has 0 aromatic heterocycles. The van der Waals surface area contributed by atoms with E-state index in [9.17, 15) is 17.6 Å². The first-order chi connectivity index (χ1) is 14.9. The minimum absolute atomic E-state index is 0.0530. The van der Waals surface area contributed by atoms with Gasteiger partial charge in [-0.25, -0.2) is 12.8 Å². The van der Waals surface area contributed by atoms with Gasteiger partial charge in [-0.1, -0.05) is 18.2 Å². The maximum atomic E-state index is 13.0. The zero-order chi connectivity index (χ0) is 22.3. The van der Waals surface area contributed by atoms with Crippen molar-refractivity contribution in [3.63, 3.8) is 0 Å². The van der Waals surface area contributed by atoms with E-state index < -0.39 is 15.8 Å². The summed E-state index contributed by atoms with van der Waals surface area (Å²) in [5.41, 5.74) is 1.61. The molecule has 0 aliphatic carbocycles. The van der Waals surface area contributed by atoms with Crippen LogP contribution in [0.4, 0.5) is 10.1 Å². The SMILES string of the molecule is COc1ccc(CCCNC(=O)c2cccc(S(=O)(=O)Nc3ccc(F)cc3)c2)cc1. The molecule has 6 nitrogen and oxygen atoms in total. The van der Waals surface area contributed by atoms with Gasteiger partial charge in [0, 0.05) is 17.8 Å². The number of ether oxygens (including phenoxy) is 1. The van der Waals surface area contributed by atoms with Crippen molar-refractivity contribution in [1.82, 2.24) is 5.32 Å². The van der Waals surface area contributed by atoms with Crippen molar-refractivity contribution < 1.29 is 22.3 Å². The lowest BCUT2D eigenvalue weighted by Gasteiger charge is -2.10. The second kappa shape index (κ2) is 10.1. The van der Waals surface area contributed by atoms with E-state index in [2.05, 4.69) is 10.0 Å². The number of halogens is 1. The second-order valence-corrected chi connectivity index (χ2v) is 8.53. The van der Waals surface area contributed by atoms with E-state index in [-0.39, 0.29) is 22.1 Å². The number of carbonyl (C=O) groups is 1. The molecular formula is C23H23FN2O4S. The average Bonchev–Trinajstić information content (AvgIpc) is 2.78. The molecule has 0 fully saturated rings. The summed E-state index contributed by atoms with van der Waals surface area (Å²) < 4.78 is 45.7. The number of methoxy groups -OCH3 is 1. The van der Waals surface area contributed by atoms with Crippen molar-refractivity contribution in [2.45, 2.75) is 17.7 Å². The molecule has 0 saturated heterocycles. The van der Waals surface area contributed by atoms with Gasteiger partial charge >= 0.3 is 0 Å². The lowest BCUT2D eigenvalue weighted by atomic mass is 10.1. The van der Waals surface area contributed by atoms with Crippen LogP contribution in [0.5, 0.6) is 5.75 Å². The van der Waals surface area contributed by atoms with Crippen LogP contribution in [0.3, 0.4) is 0 Å². The van der Waals surface area contributed by atoms with Crippen LogP contribution in [-0.4, -0.2) is 28.0 Å². The number of aryl methyl sites for hydroxylation is 1. The maximum absolute atomic E-state index is 13.0. The van der Waals surface area contributed by atoms with Crippen molar-refractivity contribution in [2.75, 3.05) is 18.4 Å². The molecule has 0 radical (unpaired) electrons. The van der Waals surface area contributed by atoms with Gasteiger partial charge in [-0.3, -0.25) is 9.52 Å². The molecule has 1 amide bonds. The van der Waals surface area contributed by atoms with E-state index >= 15 is 0 Å². The monoisotopic (exact) mass is 442 g/mol. The van der Waals surface area contributed by atoms with Crippen molar-refractivity contribution in [2.24, 2.45) is 0 Å². The van der Waals surface area contributed by atoms with Crippen LogP contribution in [-0.2, 0) is 16.4 Å². The van der Waals surface area contributed by atoms with Crippen molar-refractivity contribution in [1.29, 1.82) is 0 Å². The van der Waals surface area contributed by atoms with Crippen LogP contribution in [0, 0.1) is 5.82 Å². The van der Waals surface area contributed by atoms with Gasteiger partial charge < -0.3 is 10.1 Å². The average molecular weight is 443 g/mol. The topological polar surface area (TPSA) is 84.5 Å². The number of amides is 1. The van der Waals surface area contributed by atoms with Crippen LogP contribution in [0.2, 0.25) is 0 Å². The predicted molar refractivity (Wildman–Crippen MR) is 117 cm³/mol. The quantitative estimate of drug-likeness (QED) is 0.491. The summed E-state index contributed by atoms with van der Waals surface area (Å²) >= 11 is 0. The molecule has 0 heterocycles. The highest BCUT2D eigenvalue weighted by molar-refractivity contribution is 7.92. The van der Waals surface area contributed by atoms with E-state index in [1.54, 1.807) is 13.2 Å². The van der Waals surface area contributed by atoms with Gasteiger partial charge in [0.25, 0.3) is 15.9 Å². The maximum Gasteiger partial charge on any atom is 0.261 e. The molecule has 0 spiro atoms. The molecular weight excluding hydrogens is 419 g/mol. The molecule has 31 heavy (non-hydrogen) atoms. The third-order valence-corrected chi connectivity index (χ3v) is 5.97. The first-order valence-corrected chi connectivity index (χ1v) is 11.2. The molecule has 3 aromatic rings. The van der Waals surface area contributed by atoms with Gasteiger partial charge in [0.15, 0.2) is 0 Å². The number of carbonyl (C=O) groups excluding carboxylic acids is 1. The number of nitrogens with one attached hydrogen (secondary N) is 2. The Morgan fingerprint density at radius 2 is 1.71 bits per heavy atom. The van der Waals surface area contributed by atoms with Gasteiger partial charge in [0.05, 0.1) is 12.0 Å². The van der Waals surface area contributed by atoms with Crippen LogP contribution in [0.1, 0.15) is 22.3 Å². The Balaban J connectivity index is 1.56. The van der Waals surface area contributed by atoms with E-state index in [0.717, 1.165) is 36.3 Å². The van der Waals surface area contributed by atoms with Gasteiger partial charge in [-0.15, -0.1) is 0 Å². The molecule has 3 rings (SSSR count). The fourth-order valence-corrected chi connectivity index (χ4v) is 4.03. The van der Waals surface area contributed by atoms with E-state index in [1.165, 1.54) is 30.3 Å². The molecule has 0 saturated carbocycles. The number of hydrogen-bond acceptors (Lipinski definition) is 4. The first kappa shape index (κ1) is 22.3. The molecule has 0 bridgehead atoms. The summed E-state index contributed by atoms with van der Waals surface area (Å²) in [6.07, 6.45) is 1.53. The Kier molecular flexibility index (Phi) is 7.25. The van der Waals surface area contributed by atoms with Gasteiger partial charge in [-0.2, -0.15) is 0 Å². The van der Waals surface area contributed by atoms with E-state index in [0.29, 0.717) is 6.54 Å². The first-order valence-electron chi connectivity index (χ1n) is 9.67. The van der Waals surface area contributed by atoms with Gasteiger partial charge in [-0.05, 0) is 73.0 Å². The van der Waals surface area contributed by atoms with E-state index in [4.69, 9.17) is 4.74 Å². The van der Waals surface area contributed by atoms with Crippen molar-refractivity contribution in [3.8, 4) is 5.75 Å².